The van der Waals surface area contributed by atoms with Crippen LogP contribution in [0.25, 0.3) is 0 Å². The molecule has 5 heteroatoms. The Hall–Kier alpha value is -1.23. The average molecular weight is 175 g/mol. The van der Waals surface area contributed by atoms with Crippen molar-refractivity contribution < 1.29 is 13.9 Å². The molecule has 0 atom stereocenters. The van der Waals surface area contributed by atoms with Crippen molar-refractivity contribution in [3.05, 3.63) is 33.7 Å². The Morgan fingerprint density at radius 3 is 2.67 bits per heavy atom. The van der Waals surface area contributed by atoms with Gasteiger partial charge in [0.25, 0.3) is 6.43 Å². The summed E-state index contributed by atoms with van der Waals surface area (Å²) >= 11 is 0. The van der Waals surface area contributed by atoms with Gasteiger partial charge >= 0.3 is 0 Å². The predicted molar refractivity (Wildman–Crippen MR) is 37.9 cm³/mol. The summed E-state index contributed by atoms with van der Waals surface area (Å²) in [6, 6.07) is 1.09. The lowest BCUT2D eigenvalue weighted by Crippen LogP contribution is -2.12. The predicted octanol–water partition coefficient (Wildman–Crippen LogP) is 0.805. The molecule has 1 rings (SSSR count). The first-order valence-electron chi connectivity index (χ1n) is 3.26. The van der Waals surface area contributed by atoms with E-state index in [0.717, 1.165) is 12.3 Å². The van der Waals surface area contributed by atoms with Crippen molar-refractivity contribution in [2.45, 2.75) is 13.0 Å². The standard InChI is InChI=1S/C7H7F2NO2/c8-7(9)6-4(3-11)5(12)1-2-10-6/h1-2,7,11H,3H2,(H,10,12). The Morgan fingerprint density at radius 1 is 1.58 bits per heavy atom. The summed E-state index contributed by atoms with van der Waals surface area (Å²) < 4.78 is 24.2. The summed E-state index contributed by atoms with van der Waals surface area (Å²) in [5.74, 6) is 0. The van der Waals surface area contributed by atoms with Crippen LogP contribution in [0, 0.1) is 0 Å². The number of hydrogen-bond donors (Lipinski definition) is 2. The zero-order valence-electron chi connectivity index (χ0n) is 6.05. The second-order valence-corrected chi connectivity index (χ2v) is 2.19. The van der Waals surface area contributed by atoms with Crippen LogP contribution in [0.4, 0.5) is 8.78 Å². The molecule has 0 fully saturated rings. The number of aliphatic hydroxyl groups excluding tert-OH is 1. The van der Waals surface area contributed by atoms with Crippen LogP contribution in [0.1, 0.15) is 17.7 Å². The number of aromatic amines is 1. The second kappa shape index (κ2) is 3.44. The Kier molecular flexibility index (Phi) is 2.54. The molecule has 1 heterocycles. The maximum atomic E-state index is 12.1. The topological polar surface area (TPSA) is 53.1 Å². The van der Waals surface area contributed by atoms with E-state index >= 15 is 0 Å². The summed E-state index contributed by atoms with van der Waals surface area (Å²) in [7, 11) is 0. The molecule has 3 nitrogen and oxygen atoms in total. The third kappa shape index (κ3) is 1.50. The van der Waals surface area contributed by atoms with Gasteiger partial charge in [-0.3, -0.25) is 4.79 Å². The lowest BCUT2D eigenvalue weighted by molar-refractivity contribution is 0.141. The van der Waals surface area contributed by atoms with Crippen molar-refractivity contribution >= 4 is 0 Å². The molecule has 0 bridgehead atoms. The first-order valence-corrected chi connectivity index (χ1v) is 3.26. The van der Waals surface area contributed by atoms with Crippen molar-refractivity contribution in [3.63, 3.8) is 0 Å². The molecule has 12 heavy (non-hydrogen) atoms. The highest BCUT2D eigenvalue weighted by Crippen LogP contribution is 2.17. The minimum absolute atomic E-state index is 0.271. The third-order valence-corrected chi connectivity index (χ3v) is 1.47. The third-order valence-electron chi connectivity index (χ3n) is 1.47. The van der Waals surface area contributed by atoms with Crippen LogP contribution >= 0.6 is 0 Å². The Morgan fingerprint density at radius 2 is 2.25 bits per heavy atom. The molecule has 0 unspecified atom stereocenters. The van der Waals surface area contributed by atoms with Crippen LogP contribution in [0.15, 0.2) is 17.1 Å². The van der Waals surface area contributed by atoms with Crippen molar-refractivity contribution in [2.24, 2.45) is 0 Å². The van der Waals surface area contributed by atoms with Crippen LogP contribution in [-0.2, 0) is 6.61 Å². The van der Waals surface area contributed by atoms with Gasteiger partial charge in [-0.25, -0.2) is 8.78 Å². The summed E-state index contributed by atoms with van der Waals surface area (Å²) in [4.78, 5) is 13.1. The van der Waals surface area contributed by atoms with Gasteiger partial charge in [0.2, 0.25) is 0 Å². The molecule has 0 spiro atoms. The van der Waals surface area contributed by atoms with E-state index in [0.29, 0.717) is 0 Å². The molecule has 2 N–H and O–H groups in total. The lowest BCUT2D eigenvalue weighted by atomic mass is 10.2. The molecular weight excluding hydrogens is 168 g/mol. The van der Waals surface area contributed by atoms with Gasteiger partial charge in [0.1, 0.15) is 0 Å². The van der Waals surface area contributed by atoms with Crippen molar-refractivity contribution in [1.29, 1.82) is 0 Å². The summed E-state index contributed by atoms with van der Waals surface area (Å²) in [6.45, 7) is -0.671. The molecule has 1 aromatic rings. The summed E-state index contributed by atoms with van der Waals surface area (Å²) in [6.07, 6.45) is -1.63. The molecule has 1 aromatic heterocycles. The average Bonchev–Trinajstić information content (AvgIpc) is 2.03. The van der Waals surface area contributed by atoms with E-state index in [1.165, 1.54) is 0 Å². The molecule has 0 amide bonds. The van der Waals surface area contributed by atoms with Crippen LogP contribution in [-0.4, -0.2) is 10.1 Å². The van der Waals surface area contributed by atoms with E-state index in [1.807, 2.05) is 0 Å². The molecular formula is C7H7F2NO2. The normalized spacial score (nSPS) is 10.7. The van der Waals surface area contributed by atoms with E-state index in [1.54, 1.807) is 0 Å². The SMILES string of the molecule is O=c1cc[nH]c(C(F)F)c1CO. The first-order chi connectivity index (χ1) is 5.66. The fraction of sp³-hybridized carbons (Fsp3) is 0.286. The maximum absolute atomic E-state index is 12.1. The molecule has 0 aliphatic carbocycles. The zero-order valence-corrected chi connectivity index (χ0v) is 6.05. The number of H-pyrrole nitrogens is 1. The van der Waals surface area contributed by atoms with Crippen molar-refractivity contribution in [2.75, 3.05) is 0 Å². The molecule has 0 aliphatic rings. The van der Waals surface area contributed by atoms with Gasteiger partial charge in [-0.15, -0.1) is 0 Å². The molecule has 66 valence electrons. The van der Waals surface area contributed by atoms with Gasteiger partial charge in [0, 0.05) is 17.8 Å². The van der Waals surface area contributed by atoms with Gasteiger partial charge in [-0.05, 0) is 0 Å². The second-order valence-electron chi connectivity index (χ2n) is 2.19. The van der Waals surface area contributed by atoms with Gasteiger partial charge in [0.05, 0.1) is 12.3 Å². The van der Waals surface area contributed by atoms with Crippen LogP contribution < -0.4 is 5.43 Å². The number of aromatic nitrogens is 1. The molecule has 0 aromatic carbocycles. The van der Waals surface area contributed by atoms with Crippen molar-refractivity contribution in [3.8, 4) is 0 Å². The number of aliphatic hydroxyl groups is 1. The van der Waals surface area contributed by atoms with Crippen LogP contribution in [0.3, 0.4) is 0 Å². The summed E-state index contributed by atoms with van der Waals surface area (Å²) in [5.41, 5.74) is -1.36. The highest BCUT2D eigenvalue weighted by Gasteiger charge is 2.14. The number of rotatable bonds is 2. The molecule has 0 saturated heterocycles. The number of pyridine rings is 1. The molecule has 0 radical (unpaired) electrons. The van der Waals surface area contributed by atoms with E-state index in [4.69, 9.17) is 5.11 Å². The van der Waals surface area contributed by atoms with E-state index in [-0.39, 0.29) is 5.56 Å². The lowest BCUT2D eigenvalue weighted by Gasteiger charge is -2.03. The highest BCUT2D eigenvalue weighted by atomic mass is 19.3. The summed E-state index contributed by atoms with van der Waals surface area (Å²) in [5, 5.41) is 8.59. The largest absolute Gasteiger partial charge is 0.391 e. The Bertz CT molecular complexity index is 321. The van der Waals surface area contributed by atoms with Crippen LogP contribution in [0.5, 0.6) is 0 Å². The fourth-order valence-electron chi connectivity index (χ4n) is 0.885. The minimum atomic E-state index is -2.76. The van der Waals surface area contributed by atoms with Crippen LogP contribution in [0.2, 0.25) is 0 Å². The Balaban J connectivity index is 3.28. The van der Waals surface area contributed by atoms with E-state index in [9.17, 15) is 13.6 Å². The van der Waals surface area contributed by atoms with Gasteiger partial charge in [-0.2, -0.15) is 0 Å². The number of halogens is 2. The van der Waals surface area contributed by atoms with Gasteiger partial charge in [0.15, 0.2) is 5.43 Å². The minimum Gasteiger partial charge on any atom is -0.391 e. The van der Waals surface area contributed by atoms with E-state index in [2.05, 4.69) is 4.98 Å². The smallest absolute Gasteiger partial charge is 0.278 e. The monoisotopic (exact) mass is 175 g/mol. The van der Waals surface area contributed by atoms with E-state index < -0.39 is 24.2 Å². The first kappa shape index (κ1) is 8.86. The molecule has 0 aliphatic heterocycles. The zero-order chi connectivity index (χ0) is 9.14. The number of alkyl halides is 2. The highest BCUT2D eigenvalue weighted by molar-refractivity contribution is 5.19. The molecule has 0 saturated carbocycles. The maximum Gasteiger partial charge on any atom is 0.278 e. The van der Waals surface area contributed by atoms with Gasteiger partial charge < -0.3 is 10.1 Å². The quantitative estimate of drug-likeness (QED) is 0.698. The number of hydrogen-bond acceptors (Lipinski definition) is 2. The fourth-order valence-corrected chi connectivity index (χ4v) is 0.885. The number of nitrogens with one attached hydrogen (secondary N) is 1. The van der Waals surface area contributed by atoms with Gasteiger partial charge in [-0.1, -0.05) is 0 Å². The van der Waals surface area contributed by atoms with Crippen molar-refractivity contribution in [1.82, 2.24) is 4.98 Å². The Labute approximate surface area is 66.7 Å².